The summed E-state index contributed by atoms with van der Waals surface area (Å²) in [6.07, 6.45) is 6.45. The third-order valence-electron chi connectivity index (χ3n) is 2.31. The summed E-state index contributed by atoms with van der Waals surface area (Å²) in [6, 6.07) is 8.21. The largest absolute Gasteiger partial charge is 0.494 e. The lowest BCUT2D eigenvalue weighted by Gasteiger charge is -2.05. The van der Waals surface area contributed by atoms with Gasteiger partial charge in [0.15, 0.2) is 0 Å². The molecule has 0 aliphatic rings. The Morgan fingerprint density at radius 3 is 2.67 bits per heavy atom. The second kappa shape index (κ2) is 7.97. The van der Waals surface area contributed by atoms with E-state index in [9.17, 15) is 0 Å². The Labute approximate surface area is 106 Å². The number of hydrogen-bond donors (Lipinski definition) is 0. The van der Waals surface area contributed by atoms with E-state index >= 15 is 0 Å². The zero-order chi connectivity index (χ0) is 10.9. The number of rotatable bonds is 7. The molecular formula is C13H19IO. The molecule has 2 heteroatoms. The lowest BCUT2D eigenvalue weighted by Crippen LogP contribution is -1.97. The normalized spacial score (nSPS) is 10.3. The minimum atomic E-state index is 0.851. The van der Waals surface area contributed by atoms with Gasteiger partial charge in [-0.05, 0) is 47.2 Å². The molecule has 1 rings (SSSR count). The van der Waals surface area contributed by atoms with Crippen LogP contribution in [-0.2, 0) is 0 Å². The van der Waals surface area contributed by atoms with Gasteiger partial charge < -0.3 is 4.74 Å². The molecular weight excluding hydrogens is 299 g/mol. The van der Waals surface area contributed by atoms with Gasteiger partial charge in [0.25, 0.3) is 0 Å². The Morgan fingerprint density at radius 1 is 1.13 bits per heavy atom. The summed E-state index contributed by atoms with van der Waals surface area (Å²) in [6.45, 7) is 3.09. The summed E-state index contributed by atoms with van der Waals surface area (Å²) in [5.74, 6) is 0.998. The Bertz CT molecular complexity index is 273. The van der Waals surface area contributed by atoms with E-state index in [1.165, 1.54) is 35.7 Å². The summed E-state index contributed by atoms with van der Waals surface area (Å²) in [7, 11) is 0. The zero-order valence-electron chi connectivity index (χ0n) is 9.34. The van der Waals surface area contributed by atoms with Crippen LogP contribution in [0.4, 0.5) is 0 Å². The highest BCUT2D eigenvalue weighted by Crippen LogP contribution is 2.15. The van der Waals surface area contributed by atoms with Crippen molar-refractivity contribution in [2.45, 2.75) is 39.0 Å². The van der Waals surface area contributed by atoms with Crippen LogP contribution in [0.2, 0.25) is 0 Å². The fourth-order valence-corrected chi connectivity index (χ4v) is 1.97. The highest BCUT2D eigenvalue weighted by molar-refractivity contribution is 14.1. The van der Waals surface area contributed by atoms with Crippen molar-refractivity contribution in [1.29, 1.82) is 0 Å². The molecule has 15 heavy (non-hydrogen) atoms. The minimum absolute atomic E-state index is 0.851. The highest BCUT2D eigenvalue weighted by Gasteiger charge is 1.94. The van der Waals surface area contributed by atoms with Crippen molar-refractivity contribution in [1.82, 2.24) is 0 Å². The van der Waals surface area contributed by atoms with Gasteiger partial charge in [-0.1, -0.05) is 38.7 Å². The van der Waals surface area contributed by atoms with Crippen molar-refractivity contribution >= 4 is 22.6 Å². The molecule has 1 aromatic rings. The molecule has 0 N–H and O–H groups in total. The second-order valence-electron chi connectivity index (χ2n) is 3.72. The number of unbranched alkanes of at least 4 members (excludes halogenated alkanes) is 4. The van der Waals surface area contributed by atoms with E-state index in [0.717, 1.165) is 12.4 Å². The van der Waals surface area contributed by atoms with Crippen LogP contribution in [-0.4, -0.2) is 6.61 Å². The van der Waals surface area contributed by atoms with Crippen molar-refractivity contribution in [3.8, 4) is 5.75 Å². The molecule has 0 unspecified atom stereocenters. The standard InChI is InChI=1S/C13H19IO/c1-2-3-4-5-6-10-15-13-9-7-8-12(14)11-13/h7-9,11H,2-6,10H2,1H3. The number of hydrogen-bond acceptors (Lipinski definition) is 1. The molecule has 84 valence electrons. The molecule has 0 aromatic heterocycles. The first kappa shape index (κ1) is 12.8. The lowest BCUT2D eigenvalue weighted by molar-refractivity contribution is 0.304. The average Bonchev–Trinajstić information content (AvgIpc) is 2.23. The molecule has 0 spiro atoms. The molecule has 0 bridgehead atoms. The molecule has 0 amide bonds. The molecule has 1 aromatic carbocycles. The predicted octanol–water partition coefficient (Wildman–Crippen LogP) is 4.64. The van der Waals surface area contributed by atoms with Crippen LogP contribution < -0.4 is 4.74 Å². The Kier molecular flexibility index (Phi) is 6.81. The number of ether oxygens (including phenoxy) is 1. The third-order valence-corrected chi connectivity index (χ3v) is 2.98. The monoisotopic (exact) mass is 318 g/mol. The van der Waals surface area contributed by atoms with Crippen LogP contribution in [0.3, 0.4) is 0 Å². The molecule has 0 aliphatic heterocycles. The molecule has 1 nitrogen and oxygen atoms in total. The molecule has 0 saturated carbocycles. The summed E-state index contributed by atoms with van der Waals surface area (Å²) >= 11 is 2.30. The first-order valence-electron chi connectivity index (χ1n) is 5.71. The van der Waals surface area contributed by atoms with Crippen molar-refractivity contribution in [2.24, 2.45) is 0 Å². The van der Waals surface area contributed by atoms with Crippen LogP contribution in [0.25, 0.3) is 0 Å². The first-order chi connectivity index (χ1) is 7.33. The quantitative estimate of drug-likeness (QED) is 0.526. The van der Waals surface area contributed by atoms with Gasteiger partial charge in [0.05, 0.1) is 6.61 Å². The maximum absolute atomic E-state index is 5.66. The topological polar surface area (TPSA) is 9.23 Å². The van der Waals surface area contributed by atoms with Gasteiger partial charge >= 0.3 is 0 Å². The molecule has 0 radical (unpaired) electrons. The van der Waals surface area contributed by atoms with E-state index in [2.05, 4.69) is 41.6 Å². The lowest BCUT2D eigenvalue weighted by atomic mass is 10.2. The average molecular weight is 318 g/mol. The highest BCUT2D eigenvalue weighted by atomic mass is 127. The van der Waals surface area contributed by atoms with Gasteiger partial charge in [-0.3, -0.25) is 0 Å². The van der Waals surface area contributed by atoms with Crippen molar-refractivity contribution < 1.29 is 4.74 Å². The van der Waals surface area contributed by atoms with Crippen molar-refractivity contribution in [2.75, 3.05) is 6.61 Å². The molecule has 0 heterocycles. The van der Waals surface area contributed by atoms with E-state index in [4.69, 9.17) is 4.74 Å². The van der Waals surface area contributed by atoms with Crippen LogP contribution in [0.15, 0.2) is 24.3 Å². The van der Waals surface area contributed by atoms with E-state index in [0.29, 0.717) is 0 Å². The summed E-state index contributed by atoms with van der Waals surface area (Å²) < 4.78 is 6.89. The Balaban J connectivity index is 2.10. The Hall–Kier alpha value is -0.250. The van der Waals surface area contributed by atoms with Gasteiger partial charge in [-0.2, -0.15) is 0 Å². The van der Waals surface area contributed by atoms with Crippen LogP contribution in [0.1, 0.15) is 39.0 Å². The molecule has 0 saturated heterocycles. The van der Waals surface area contributed by atoms with Gasteiger partial charge in [-0.15, -0.1) is 0 Å². The smallest absolute Gasteiger partial charge is 0.120 e. The van der Waals surface area contributed by atoms with Crippen molar-refractivity contribution in [3.05, 3.63) is 27.8 Å². The first-order valence-corrected chi connectivity index (χ1v) is 6.79. The Morgan fingerprint density at radius 2 is 1.93 bits per heavy atom. The van der Waals surface area contributed by atoms with Crippen LogP contribution in [0, 0.1) is 3.57 Å². The van der Waals surface area contributed by atoms with Crippen LogP contribution >= 0.6 is 22.6 Å². The maximum Gasteiger partial charge on any atom is 0.120 e. The summed E-state index contributed by atoms with van der Waals surface area (Å²) in [4.78, 5) is 0. The summed E-state index contributed by atoms with van der Waals surface area (Å²) in [5.41, 5.74) is 0. The van der Waals surface area contributed by atoms with E-state index < -0.39 is 0 Å². The van der Waals surface area contributed by atoms with Crippen molar-refractivity contribution in [3.63, 3.8) is 0 Å². The number of halogens is 1. The second-order valence-corrected chi connectivity index (χ2v) is 4.97. The molecule has 0 atom stereocenters. The fourth-order valence-electron chi connectivity index (χ4n) is 1.45. The molecule has 0 aliphatic carbocycles. The third kappa shape index (κ3) is 6.03. The number of benzene rings is 1. The fraction of sp³-hybridized carbons (Fsp3) is 0.538. The summed E-state index contributed by atoms with van der Waals surface area (Å²) in [5, 5.41) is 0. The zero-order valence-corrected chi connectivity index (χ0v) is 11.5. The van der Waals surface area contributed by atoms with Gasteiger partial charge in [0.2, 0.25) is 0 Å². The van der Waals surface area contributed by atoms with Gasteiger partial charge in [-0.25, -0.2) is 0 Å². The van der Waals surface area contributed by atoms with Gasteiger partial charge in [0, 0.05) is 3.57 Å². The van der Waals surface area contributed by atoms with Gasteiger partial charge in [0.1, 0.15) is 5.75 Å². The van der Waals surface area contributed by atoms with E-state index in [1.54, 1.807) is 0 Å². The SMILES string of the molecule is CCCCCCCOc1cccc(I)c1. The maximum atomic E-state index is 5.66. The van der Waals surface area contributed by atoms with E-state index in [1.807, 2.05) is 12.1 Å². The van der Waals surface area contributed by atoms with Crippen LogP contribution in [0.5, 0.6) is 5.75 Å². The predicted molar refractivity (Wildman–Crippen MR) is 73.4 cm³/mol. The minimum Gasteiger partial charge on any atom is -0.494 e. The molecule has 0 fully saturated rings. The van der Waals surface area contributed by atoms with E-state index in [-0.39, 0.29) is 0 Å².